The number of aryl methyl sites for hydroxylation is 2. The van der Waals surface area contributed by atoms with Gasteiger partial charge in [-0.25, -0.2) is 8.42 Å². The smallest absolute Gasteiger partial charge is 0.243 e. The molecule has 1 aromatic rings. The molecule has 7 heteroatoms. The second-order valence-electron chi connectivity index (χ2n) is 8.10. The van der Waals surface area contributed by atoms with Crippen LogP contribution in [0.15, 0.2) is 23.1 Å². The van der Waals surface area contributed by atoms with E-state index in [0.717, 1.165) is 17.7 Å². The molecule has 2 rings (SSSR count). The van der Waals surface area contributed by atoms with Crippen LogP contribution in [0.3, 0.4) is 0 Å². The highest BCUT2D eigenvalue weighted by molar-refractivity contribution is 7.89. The molecule has 0 aromatic heterocycles. The molecule has 0 bridgehead atoms. The van der Waals surface area contributed by atoms with Gasteiger partial charge >= 0.3 is 0 Å². The minimum atomic E-state index is -3.51. The molecular formula is C19H31N3O3S. The topological polar surface area (TPSA) is 69.7 Å². The quantitative estimate of drug-likeness (QED) is 0.865. The van der Waals surface area contributed by atoms with E-state index in [1.54, 1.807) is 10.4 Å². The van der Waals surface area contributed by atoms with Gasteiger partial charge in [-0.15, -0.1) is 0 Å². The molecule has 0 unspecified atom stereocenters. The zero-order valence-corrected chi connectivity index (χ0v) is 17.3. The maximum atomic E-state index is 13.1. The van der Waals surface area contributed by atoms with Crippen molar-refractivity contribution in [3.05, 3.63) is 29.3 Å². The summed E-state index contributed by atoms with van der Waals surface area (Å²) in [4.78, 5) is 14.5. The molecule has 1 N–H and O–H groups in total. The lowest BCUT2D eigenvalue weighted by molar-refractivity contribution is -0.123. The van der Waals surface area contributed by atoms with Gasteiger partial charge in [-0.2, -0.15) is 4.31 Å². The van der Waals surface area contributed by atoms with Crippen LogP contribution in [0.2, 0.25) is 0 Å². The van der Waals surface area contributed by atoms with Gasteiger partial charge in [-0.1, -0.05) is 12.1 Å². The Hall–Kier alpha value is -1.44. The number of nitrogens with zero attached hydrogens (tertiary/aromatic N) is 2. The molecule has 1 fully saturated rings. The molecule has 1 saturated heterocycles. The predicted molar refractivity (Wildman–Crippen MR) is 104 cm³/mol. The summed E-state index contributed by atoms with van der Waals surface area (Å²) in [5, 5.41) is 2.96. The van der Waals surface area contributed by atoms with Gasteiger partial charge in [0.15, 0.2) is 0 Å². The molecule has 0 radical (unpaired) electrons. The summed E-state index contributed by atoms with van der Waals surface area (Å²) < 4.78 is 27.7. The van der Waals surface area contributed by atoms with Crippen LogP contribution in [0, 0.1) is 13.8 Å². The van der Waals surface area contributed by atoms with Crippen molar-refractivity contribution in [2.75, 3.05) is 32.7 Å². The number of carbonyl (C=O) groups excluding carboxylic acids is 1. The average Bonchev–Trinajstić information content (AvgIpc) is 2.73. The Labute approximate surface area is 157 Å². The van der Waals surface area contributed by atoms with Gasteiger partial charge < -0.3 is 5.32 Å². The van der Waals surface area contributed by atoms with Gasteiger partial charge in [0.05, 0.1) is 11.4 Å². The van der Waals surface area contributed by atoms with Crippen LogP contribution in [-0.2, 0) is 14.8 Å². The summed E-state index contributed by atoms with van der Waals surface area (Å²) in [6.45, 7) is 12.0. The third-order valence-corrected chi connectivity index (χ3v) is 6.43. The lowest BCUT2D eigenvalue weighted by Crippen LogP contribution is -2.46. The fourth-order valence-electron chi connectivity index (χ4n) is 3.13. The summed E-state index contributed by atoms with van der Waals surface area (Å²) in [6, 6.07) is 5.51. The normalized spacial score (nSPS) is 17.7. The van der Waals surface area contributed by atoms with Crippen LogP contribution < -0.4 is 5.32 Å². The summed E-state index contributed by atoms with van der Waals surface area (Å²) in [5.74, 6) is -0.0247. The molecule has 0 saturated carbocycles. The van der Waals surface area contributed by atoms with Crippen molar-refractivity contribution in [3.63, 3.8) is 0 Å². The molecule has 6 nitrogen and oxygen atoms in total. The van der Waals surface area contributed by atoms with E-state index in [1.165, 1.54) is 0 Å². The van der Waals surface area contributed by atoms with Gasteiger partial charge in [0.25, 0.3) is 0 Å². The average molecular weight is 382 g/mol. The number of nitrogens with one attached hydrogen (secondary N) is 1. The van der Waals surface area contributed by atoms with Gasteiger partial charge in [0.2, 0.25) is 15.9 Å². The van der Waals surface area contributed by atoms with Crippen LogP contribution in [0.5, 0.6) is 0 Å². The monoisotopic (exact) mass is 381 g/mol. The molecule has 0 spiro atoms. The molecule has 1 aliphatic heterocycles. The Bertz CT molecular complexity index is 754. The van der Waals surface area contributed by atoms with Crippen molar-refractivity contribution in [1.29, 1.82) is 0 Å². The Morgan fingerprint density at radius 1 is 1.12 bits per heavy atom. The minimum absolute atomic E-state index is 0.0247. The van der Waals surface area contributed by atoms with Crippen LogP contribution in [0.25, 0.3) is 0 Å². The zero-order chi connectivity index (χ0) is 19.5. The SMILES string of the molecule is Cc1ccc(C)c(S(=O)(=O)N2CCCN(CC(=O)NC(C)(C)C)CC2)c1. The number of sulfonamides is 1. The molecule has 1 aromatic carbocycles. The van der Waals surface area contributed by atoms with Crippen LogP contribution in [-0.4, -0.2) is 61.8 Å². The number of benzene rings is 1. The lowest BCUT2D eigenvalue weighted by Gasteiger charge is -2.25. The van der Waals surface area contributed by atoms with Crippen molar-refractivity contribution >= 4 is 15.9 Å². The second-order valence-corrected chi connectivity index (χ2v) is 10.0. The first-order valence-electron chi connectivity index (χ1n) is 9.10. The number of rotatable bonds is 4. The number of hydrogen-bond acceptors (Lipinski definition) is 4. The van der Waals surface area contributed by atoms with E-state index in [1.807, 2.05) is 51.7 Å². The summed E-state index contributed by atoms with van der Waals surface area (Å²) in [5.41, 5.74) is 1.44. The highest BCUT2D eigenvalue weighted by Gasteiger charge is 2.29. The molecule has 0 atom stereocenters. The molecule has 1 heterocycles. The van der Waals surface area contributed by atoms with E-state index in [-0.39, 0.29) is 11.4 Å². The fourth-order valence-corrected chi connectivity index (χ4v) is 4.91. The predicted octanol–water partition coefficient (Wildman–Crippen LogP) is 1.91. The van der Waals surface area contributed by atoms with E-state index in [4.69, 9.17) is 0 Å². The molecule has 146 valence electrons. The van der Waals surface area contributed by atoms with Crippen molar-refractivity contribution < 1.29 is 13.2 Å². The lowest BCUT2D eigenvalue weighted by atomic mass is 10.1. The highest BCUT2D eigenvalue weighted by Crippen LogP contribution is 2.22. The van der Waals surface area contributed by atoms with Gasteiger partial charge in [0.1, 0.15) is 0 Å². The van der Waals surface area contributed by atoms with Gasteiger partial charge in [0, 0.05) is 25.2 Å². The number of carbonyl (C=O) groups is 1. The maximum Gasteiger partial charge on any atom is 0.243 e. The molecule has 1 amide bonds. The van der Waals surface area contributed by atoms with E-state index in [9.17, 15) is 13.2 Å². The van der Waals surface area contributed by atoms with Crippen molar-refractivity contribution in [1.82, 2.24) is 14.5 Å². The number of amides is 1. The Morgan fingerprint density at radius 2 is 1.81 bits per heavy atom. The van der Waals surface area contributed by atoms with Crippen LogP contribution in [0.1, 0.15) is 38.3 Å². The summed E-state index contributed by atoms with van der Waals surface area (Å²) >= 11 is 0. The first-order chi connectivity index (χ1) is 12.0. The third kappa shape index (κ3) is 5.53. The Morgan fingerprint density at radius 3 is 2.46 bits per heavy atom. The van der Waals surface area contributed by atoms with Crippen LogP contribution >= 0.6 is 0 Å². The molecular weight excluding hydrogens is 350 g/mol. The highest BCUT2D eigenvalue weighted by atomic mass is 32.2. The van der Waals surface area contributed by atoms with Crippen LogP contribution in [0.4, 0.5) is 0 Å². The molecule has 26 heavy (non-hydrogen) atoms. The molecule has 1 aliphatic rings. The van der Waals surface area contributed by atoms with Crippen molar-refractivity contribution in [2.24, 2.45) is 0 Å². The fraction of sp³-hybridized carbons (Fsp3) is 0.632. The Kier molecular flexibility index (Phi) is 6.47. The zero-order valence-electron chi connectivity index (χ0n) is 16.5. The standard InChI is InChI=1S/C19H31N3O3S/c1-15-7-8-16(2)17(13-15)26(24,25)22-10-6-9-21(11-12-22)14-18(23)20-19(3,4)5/h7-8,13H,6,9-12,14H2,1-5H3,(H,20,23). The first kappa shape index (κ1) is 20.9. The number of hydrogen-bond donors (Lipinski definition) is 1. The van der Waals surface area contributed by atoms with Gasteiger partial charge in [-0.05, 0) is 64.8 Å². The third-order valence-electron chi connectivity index (χ3n) is 4.39. The Balaban J connectivity index is 2.06. The summed E-state index contributed by atoms with van der Waals surface area (Å²) in [7, 11) is -3.51. The largest absolute Gasteiger partial charge is 0.350 e. The van der Waals surface area contributed by atoms with E-state index < -0.39 is 10.0 Å². The maximum absolute atomic E-state index is 13.1. The van der Waals surface area contributed by atoms with E-state index in [0.29, 0.717) is 37.5 Å². The minimum Gasteiger partial charge on any atom is -0.350 e. The van der Waals surface area contributed by atoms with E-state index in [2.05, 4.69) is 5.32 Å². The summed E-state index contributed by atoms with van der Waals surface area (Å²) in [6.07, 6.45) is 0.715. The van der Waals surface area contributed by atoms with Crippen molar-refractivity contribution in [2.45, 2.75) is 51.5 Å². The second kappa shape index (κ2) is 8.06. The molecule has 0 aliphatic carbocycles. The van der Waals surface area contributed by atoms with E-state index >= 15 is 0 Å². The first-order valence-corrected chi connectivity index (χ1v) is 10.5. The van der Waals surface area contributed by atoms with Gasteiger partial charge in [-0.3, -0.25) is 9.69 Å². The van der Waals surface area contributed by atoms with Crippen molar-refractivity contribution in [3.8, 4) is 0 Å².